The zero-order valence-electron chi connectivity index (χ0n) is 9.56. The summed E-state index contributed by atoms with van der Waals surface area (Å²) in [5.41, 5.74) is 0.965. The number of carbonyl (C=O) groups is 1. The molecule has 5 heteroatoms. The van der Waals surface area contributed by atoms with E-state index >= 15 is 0 Å². The summed E-state index contributed by atoms with van der Waals surface area (Å²) in [6, 6.07) is 3.74. The Labute approximate surface area is 98.2 Å². The molecule has 1 N–H and O–H groups in total. The number of ether oxygens (including phenoxy) is 1. The Hall–Kier alpha value is -1.91. The predicted molar refractivity (Wildman–Crippen MR) is 61.4 cm³/mol. The summed E-state index contributed by atoms with van der Waals surface area (Å²) >= 11 is 0. The molecule has 1 aliphatic rings. The topological polar surface area (TPSA) is 67.9 Å². The lowest BCUT2D eigenvalue weighted by molar-refractivity contribution is -0.146. The van der Waals surface area contributed by atoms with E-state index in [-0.39, 0.29) is 5.97 Å². The van der Waals surface area contributed by atoms with Gasteiger partial charge in [0.05, 0.1) is 12.1 Å². The quantitative estimate of drug-likeness (QED) is 0.814. The number of aromatic amines is 1. The third-order valence-electron chi connectivity index (χ3n) is 3.13. The molecule has 88 valence electrons. The number of carbonyl (C=O) groups excluding carboxylic acids is 1. The van der Waals surface area contributed by atoms with Gasteiger partial charge in [0.15, 0.2) is 5.65 Å². The third kappa shape index (κ3) is 1.50. The van der Waals surface area contributed by atoms with Crippen LogP contribution in [0.4, 0.5) is 0 Å². The minimum absolute atomic E-state index is 0.181. The van der Waals surface area contributed by atoms with Gasteiger partial charge in [0, 0.05) is 6.20 Å². The van der Waals surface area contributed by atoms with Gasteiger partial charge in [-0.25, -0.2) is 9.97 Å². The highest BCUT2D eigenvalue weighted by Crippen LogP contribution is 2.48. The van der Waals surface area contributed by atoms with E-state index in [0.29, 0.717) is 18.1 Å². The standard InChI is InChI=1S/C12H13N3O2/c1-2-17-11(16)12(5-6-12)10-14-8-4-3-7-13-9(8)15-10/h3-4,7H,2,5-6H2,1H3,(H,13,14,15). The van der Waals surface area contributed by atoms with Crippen LogP contribution >= 0.6 is 0 Å². The molecule has 2 heterocycles. The Bertz CT molecular complexity index is 539. The van der Waals surface area contributed by atoms with Crippen LogP contribution in [-0.4, -0.2) is 27.5 Å². The van der Waals surface area contributed by atoms with Crippen molar-refractivity contribution >= 4 is 17.1 Å². The van der Waals surface area contributed by atoms with Crippen molar-refractivity contribution in [1.29, 1.82) is 0 Å². The van der Waals surface area contributed by atoms with E-state index in [1.54, 1.807) is 6.20 Å². The SMILES string of the molecule is CCOC(=O)C1(c2nc3ncccc3[nH]2)CC1. The van der Waals surface area contributed by atoms with E-state index in [2.05, 4.69) is 15.0 Å². The van der Waals surface area contributed by atoms with Crippen molar-refractivity contribution < 1.29 is 9.53 Å². The molecule has 2 aromatic heterocycles. The van der Waals surface area contributed by atoms with Gasteiger partial charge in [-0.2, -0.15) is 0 Å². The fraction of sp³-hybridized carbons (Fsp3) is 0.417. The second-order valence-electron chi connectivity index (χ2n) is 4.26. The number of hydrogen-bond acceptors (Lipinski definition) is 4. The molecule has 1 fully saturated rings. The van der Waals surface area contributed by atoms with Crippen LogP contribution in [0.3, 0.4) is 0 Å². The average Bonchev–Trinajstić information content (AvgIpc) is 3.03. The Morgan fingerprint density at radius 1 is 1.59 bits per heavy atom. The Morgan fingerprint density at radius 2 is 2.41 bits per heavy atom. The van der Waals surface area contributed by atoms with Crippen molar-refractivity contribution in [2.24, 2.45) is 0 Å². The van der Waals surface area contributed by atoms with Gasteiger partial charge in [-0.05, 0) is 31.9 Å². The van der Waals surface area contributed by atoms with Crippen LogP contribution in [0.1, 0.15) is 25.6 Å². The summed E-state index contributed by atoms with van der Waals surface area (Å²) in [5.74, 6) is 0.503. The van der Waals surface area contributed by atoms with Crippen LogP contribution in [0.5, 0.6) is 0 Å². The number of nitrogens with one attached hydrogen (secondary N) is 1. The van der Waals surface area contributed by atoms with E-state index < -0.39 is 5.41 Å². The molecular weight excluding hydrogens is 218 g/mol. The first-order valence-corrected chi connectivity index (χ1v) is 5.75. The molecule has 0 amide bonds. The molecule has 0 atom stereocenters. The van der Waals surface area contributed by atoms with E-state index in [9.17, 15) is 4.79 Å². The minimum Gasteiger partial charge on any atom is -0.465 e. The number of imidazole rings is 1. The number of fused-ring (bicyclic) bond motifs is 1. The second kappa shape index (κ2) is 3.55. The molecule has 1 saturated carbocycles. The third-order valence-corrected chi connectivity index (χ3v) is 3.13. The number of pyridine rings is 1. The minimum atomic E-state index is -0.545. The maximum Gasteiger partial charge on any atom is 0.319 e. The lowest BCUT2D eigenvalue weighted by Gasteiger charge is -2.10. The molecule has 5 nitrogen and oxygen atoms in total. The lowest BCUT2D eigenvalue weighted by atomic mass is 10.1. The van der Waals surface area contributed by atoms with Gasteiger partial charge in [0.2, 0.25) is 0 Å². The van der Waals surface area contributed by atoms with Crippen molar-refractivity contribution in [3.63, 3.8) is 0 Å². The van der Waals surface area contributed by atoms with Crippen LogP contribution in [0.2, 0.25) is 0 Å². The molecule has 0 unspecified atom stereocenters. The number of rotatable bonds is 3. The van der Waals surface area contributed by atoms with Crippen molar-refractivity contribution in [3.05, 3.63) is 24.2 Å². The van der Waals surface area contributed by atoms with E-state index in [0.717, 1.165) is 18.4 Å². The molecule has 0 radical (unpaired) electrons. The Kier molecular flexibility index (Phi) is 2.14. The maximum absolute atomic E-state index is 11.9. The first kappa shape index (κ1) is 10.3. The van der Waals surface area contributed by atoms with Crippen LogP contribution in [0.15, 0.2) is 18.3 Å². The zero-order chi connectivity index (χ0) is 11.9. The van der Waals surface area contributed by atoms with Crippen LogP contribution in [0, 0.1) is 0 Å². The number of esters is 1. The maximum atomic E-state index is 11.9. The molecule has 0 aromatic carbocycles. The van der Waals surface area contributed by atoms with Crippen LogP contribution in [0.25, 0.3) is 11.2 Å². The molecular formula is C12H13N3O2. The number of hydrogen-bond donors (Lipinski definition) is 1. The van der Waals surface area contributed by atoms with E-state index in [1.807, 2.05) is 19.1 Å². The largest absolute Gasteiger partial charge is 0.465 e. The first-order valence-electron chi connectivity index (χ1n) is 5.75. The molecule has 0 aliphatic heterocycles. The smallest absolute Gasteiger partial charge is 0.319 e. The van der Waals surface area contributed by atoms with Crippen LogP contribution in [-0.2, 0) is 14.9 Å². The molecule has 0 bridgehead atoms. The lowest BCUT2D eigenvalue weighted by Crippen LogP contribution is -2.24. The van der Waals surface area contributed by atoms with Gasteiger partial charge in [-0.3, -0.25) is 4.79 Å². The van der Waals surface area contributed by atoms with Crippen LogP contribution < -0.4 is 0 Å². The highest BCUT2D eigenvalue weighted by Gasteiger charge is 2.55. The van der Waals surface area contributed by atoms with Gasteiger partial charge in [-0.15, -0.1) is 0 Å². The molecule has 0 spiro atoms. The van der Waals surface area contributed by atoms with Gasteiger partial charge in [0.1, 0.15) is 11.2 Å². The number of aromatic nitrogens is 3. The number of H-pyrrole nitrogens is 1. The predicted octanol–water partition coefficient (Wildman–Crippen LogP) is 1.55. The molecule has 1 aliphatic carbocycles. The summed E-state index contributed by atoms with van der Waals surface area (Å²) in [6.45, 7) is 2.22. The normalized spacial score (nSPS) is 17.0. The zero-order valence-corrected chi connectivity index (χ0v) is 9.56. The monoisotopic (exact) mass is 231 g/mol. The molecule has 17 heavy (non-hydrogen) atoms. The molecule has 0 saturated heterocycles. The average molecular weight is 231 g/mol. The fourth-order valence-electron chi connectivity index (χ4n) is 2.00. The highest BCUT2D eigenvalue weighted by atomic mass is 16.5. The first-order chi connectivity index (χ1) is 8.26. The van der Waals surface area contributed by atoms with E-state index in [4.69, 9.17) is 4.74 Å². The van der Waals surface area contributed by atoms with Crippen molar-refractivity contribution in [2.75, 3.05) is 6.61 Å². The summed E-state index contributed by atoms with van der Waals surface area (Å²) in [7, 11) is 0. The molecule has 3 rings (SSSR count). The van der Waals surface area contributed by atoms with Gasteiger partial charge >= 0.3 is 5.97 Å². The summed E-state index contributed by atoms with van der Waals surface area (Å²) in [6.07, 6.45) is 3.29. The van der Waals surface area contributed by atoms with Crippen molar-refractivity contribution in [3.8, 4) is 0 Å². The Balaban J connectivity index is 2.01. The van der Waals surface area contributed by atoms with E-state index in [1.165, 1.54) is 0 Å². The summed E-state index contributed by atoms with van der Waals surface area (Å²) in [5, 5.41) is 0. The summed E-state index contributed by atoms with van der Waals surface area (Å²) in [4.78, 5) is 23.6. The summed E-state index contributed by atoms with van der Waals surface area (Å²) < 4.78 is 5.10. The van der Waals surface area contributed by atoms with Gasteiger partial charge < -0.3 is 9.72 Å². The Morgan fingerprint density at radius 3 is 3.06 bits per heavy atom. The molecule has 2 aromatic rings. The van der Waals surface area contributed by atoms with Crippen molar-refractivity contribution in [1.82, 2.24) is 15.0 Å². The van der Waals surface area contributed by atoms with Crippen molar-refractivity contribution in [2.45, 2.75) is 25.2 Å². The van der Waals surface area contributed by atoms with Gasteiger partial charge in [0.25, 0.3) is 0 Å². The number of nitrogens with zero attached hydrogens (tertiary/aromatic N) is 2. The highest BCUT2D eigenvalue weighted by molar-refractivity contribution is 5.86. The fourth-order valence-corrected chi connectivity index (χ4v) is 2.00. The van der Waals surface area contributed by atoms with Gasteiger partial charge in [-0.1, -0.05) is 0 Å². The second-order valence-corrected chi connectivity index (χ2v) is 4.26.